The second-order valence-corrected chi connectivity index (χ2v) is 8.23. The molecule has 0 bridgehead atoms. The first-order valence-electron chi connectivity index (χ1n) is 11.7. The average molecular weight is 500 g/mol. The van der Waals surface area contributed by atoms with Gasteiger partial charge >= 0.3 is 0 Å². The first kappa shape index (κ1) is 25.5. The van der Waals surface area contributed by atoms with Gasteiger partial charge < -0.3 is 20.1 Å². The van der Waals surface area contributed by atoms with Crippen LogP contribution in [-0.2, 0) is 27.4 Å². The standard InChI is InChI=1S/C29H26FN3O4/c30-23-8-12-25(13-9-23)37-26-14-10-24(11-15-26)32-29(35)27(20-36-19-21-5-2-1-3-6-21)33-28(34)17-22-7-4-16-31-18-22/h1-16,18,27H,17,19-20H2,(H,32,35)(H,33,34)/t27-/m0/s1. The number of carbonyl (C=O) groups is 2. The van der Waals surface area contributed by atoms with Crippen LogP contribution in [0.15, 0.2) is 103 Å². The van der Waals surface area contributed by atoms with E-state index in [0.29, 0.717) is 23.8 Å². The Bertz CT molecular complexity index is 1280. The second kappa shape index (κ2) is 12.9. The monoisotopic (exact) mass is 499 g/mol. The summed E-state index contributed by atoms with van der Waals surface area (Å²) in [5, 5.41) is 5.57. The summed E-state index contributed by atoms with van der Waals surface area (Å²) < 4.78 is 24.5. The Morgan fingerprint density at radius 3 is 2.19 bits per heavy atom. The summed E-state index contributed by atoms with van der Waals surface area (Å²) in [5.74, 6) is -0.0678. The predicted molar refractivity (Wildman–Crippen MR) is 138 cm³/mol. The summed E-state index contributed by atoms with van der Waals surface area (Å²) in [7, 11) is 0. The molecule has 0 radical (unpaired) electrons. The van der Waals surface area contributed by atoms with Crippen molar-refractivity contribution in [3.8, 4) is 11.5 Å². The van der Waals surface area contributed by atoms with Crippen LogP contribution in [0.1, 0.15) is 11.1 Å². The van der Waals surface area contributed by atoms with Crippen LogP contribution in [0.3, 0.4) is 0 Å². The molecule has 2 amide bonds. The van der Waals surface area contributed by atoms with Crippen LogP contribution >= 0.6 is 0 Å². The van der Waals surface area contributed by atoms with Gasteiger partial charge in [0.1, 0.15) is 23.4 Å². The number of hydrogen-bond donors (Lipinski definition) is 2. The molecule has 2 N–H and O–H groups in total. The highest BCUT2D eigenvalue weighted by Gasteiger charge is 2.22. The molecule has 1 heterocycles. The molecule has 0 aliphatic rings. The van der Waals surface area contributed by atoms with Crippen LogP contribution < -0.4 is 15.4 Å². The second-order valence-electron chi connectivity index (χ2n) is 8.23. The summed E-state index contributed by atoms with van der Waals surface area (Å²) in [6.07, 6.45) is 3.33. The molecule has 0 spiro atoms. The van der Waals surface area contributed by atoms with E-state index in [1.165, 1.54) is 24.3 Å². The Labute approximate surface area is 214 Å². The number of ether oxygens (including phenoxy) is 2. The summed E-state index contributed by atoms with van der Waals surface area (Å²) in [5.41, 5.74) is 2.22. The van der Waals surface area contributed by atoms with Gasteiger partial charge in [0, 0.05) is 18.1 Å². The minimum atomic E-state index is -0.914. The number of carbonyl (C=O) groups excluding carboxylic acids is 2. The zero-order valence-electron chi connectivity index (χ0n) is 20.0. The first-order valence-corrected chi connectivity index (χ1v) is 11.7. The Balaban J connectivity index is 1.37. The van der Waals surface area contributed by atoms with E-state index in [1.54, 1.807) is 48.8 Å². The Morgan fingerprint density at radius 1 is 0.838 bits per heavy atom. The number of nitrogens with zero attached hydrogens (tertiary/aromatic N) is 1. The lowest BCUT2D eigenvalue weighted by molar-refractivity contribution is -0.127. The maximum absolute atomic E-state index is 13.1. The molecule has 0 fully saturated rings. The molecule has 0 aliphatic carbocycles. The lowest BCUT2D eigenvalue weighted by Gasteiger charge is -2.19. The maximum atomic E-state index is 13.1. The smallest absolute Gasteiger partial charge is 0.249 e. The van der Waals surface area contributed by atoms with Gasteiger partial charge in [-0.25, -0.2) is 4.39 Å². The Hall–Kier alpha value is -4.56. The molecule has 1 atom stereocenters. The third-order valence-corrected chi connectivity index (χ3v) is 5.31. The van der Waals surface area contributed by atoms with E-state index in [1.807, 2.05) is 30.3 Å². The molecule has 3 aromatic carbocycles. The van der Waals surface area contributed by atoms with Crippen molar-refractivity contribution in [3.63, 3.8) is 0 Å². The summed E-state index contributed by atoms with van der Waals surface area (Å²) >= 11 is 0. The molecule has 4 rings (SSSR count). The van der Waals surface area contributed by atoms with E-state index in [2.05, 4.69) is 15.6 Å². The minimum Gasteiger partial charge on any atom is -0.457 e. The Kier molecular flexibility index (Phi) is 8.93. The van der Waals surface area contributed by atoms with Gasteiger partial charge in [0.2, 0.25) is 11.8 Å². The van der Waals surface area contributed by atoms with E-state index in [0.717, 1.165) is 11.1 Å². The van der Waals surface area contributed by atoms with E-state index in [-0.39, 0.29) is 24.8 Å². The lowest BCUT2D eigenvalue weighted by atomic mass is 10.2. The molecule has 0 saturated carbocycles. The number of hydrogen-bond acceptors (Lipinski definition) is 5. The zero-order valence-corrected chi connectivity index (χ0v) is 20.0. The number of anilines is 1. The van der Waals surface area contributed by atoms with Crippen LogP contribution in [0.2, 0.25) is 0 Å². The number of halogens is 1. The SMILES string of the molecule is O=C(Cc1cccnc1)N[C@@H](COCc1ccccc1)C(=O)Nc1ccc(Oc2ccc(F)cc2)cc1. The molecule has 0 saturated heterocycles. The normalized spacial score (nSPS) is 11.4. The van der Waals surface area contributed by atoms with Crippen molar-refractivity contribution in [2.75, 3.05) is 11.9 Å². The summed E-state index contributed by atoms with van der Waals surface area (Å²) in [6, 6.07) is 24.6. The van der Waals surface area contributed by atoms with Crippen LogP contribution in [0.4, 0.5) is 10.1 Å². The van der Waals surface area contributed by atoms with Crippen LogP contribution in [0, 0.1) is 5.82 Å². The van der Waals surface area contributed by atoms with E-state index < -0.39 is 11.9 Å². The van der Waals surface area contributed by atoms with Gasteiger partial charge in [0.15, 0.2) is 0 Å². The van der Waals surface area contributed by atoms with Crippen molar-refractivity contribution in [2.24, 2.45) is 0 Å². The fourth-order valence-electron chi connectivity index (χ4n) is 3.46. The molecule has 1 aromatic heterocycles. The maximum Gasteiger partial charge on any atom is 0.249 e. The average Bonchev–Trinajstić information content (AvgIpc) is 2.91. The van der Waals surface area contributed by atoms with Crippen molar-refractivity contribution in [1.82, 2.24) is 10.3 Å². The number of rotatable bonds is 11. The first-order chi connectivity index (χ1) is 18.0. The van der Waals surface area contributed by atoms with E-state index >= 15 is 0 Å². The predicted octanol–water partition coefficient (Wildman–Crippen LogP) is 4.90. The molecule has 7 nitrogen and oxygen atoms in total. The molecule has 37 heavy (non-hydrogen) atoms. The molecule has 8 heteroatoms. The number of aromatic nitrogens is 1. The molecule has 0 unspecified atom stereocenters. The van der Waals surface area contributed by atoms with Crippen molar-refractivity contribution < 1.29 is 23.5 Å². The van der Waals surface area contributed by atoms with E-state index in [9.17, 15) is 14.0 Å². The summed E-state index contributed by atoms with van der Waals surface area (Å²) in [6.45, 7) is 0.295. The molecular weight excluding hydrogens is 473 g/mol. The van der Waals surface area contributed by atoms with Crippen molar-refractivity contribution in [3.05, 3.63) is 120 Å². The van der Waals surface area contributed by atoms with E-state index in [4.69, 9.17) is 9.47 Å². The highest BCUT2D eigenvalue weighted by molar-refractivity contribution is 5.97. The molecular formula is C29H26FN3O4. The van der Waals surface area contributed by atoms with Crippen LogP contribution in [0.5, 0.6) is 11.5 Å². The minimum absolute atomic E-state index is 0.00866. The topological polar surface area (TPSA) is 89.5 Å². The zero-order chi connectivity index (χ0) is 25.9. The van der Waals surface area contributed by atoms with Crippen molar-refractivity contribution in [1.29, 1.82) is 0 Å². The van der Waals surface area contributed by atoms with Crippen molar-refractivity contribution >= 4 is 17.5 Å². The highest BCUT2D eigenvalue weighted by Crippen LogP contribution is 2.23. The quantitative estimate of drug-likeness (QED) is 0.307. The molecule has 188 valence electrons. The third kappa shape index (κ3) is 8.26. The number of pyridine rings is 1. The van der Waals surface area contributed by atoms with Crippen LogP contribution in [-0.4, -0.2) is 29.4 Å². The van der Waals surface area contributed by atoms with Gasteiger partial charge in [-0.15, -0.1) is 0 Å². The summed E-state index contributed by atoms with van der Waals surface area (Å²) in [4.78, 5) is 29.7. The van der Waals surface area contributed by atoms with Gasteiger partial charge in [0.25, 0.3) is 0 Å². The number of nitrogens with one attached hydrogen (secondary N) is 2. The van der Waals surface area contributed by atoms with Gasteiger partial charge in [-0.3, -0.25) is 14.6 Å². The van der Waals surface area contributed by atoms with Crippen molar-refractivity contribution in [2.45, 2.75) is 19.1 Å². The van der Waals surface area contributed by atoms with Gasteiger partial charge in [-0.1, -0.05) is 36.4 Å². The van der Waals surface area contributed by atoms with Gasteiger partial charge in [-0.05, 0) is 65.7 Å². The van der Waals surface area contributed by atoms with Gasteiger partial charge in [-0.2, -0.15) is 0 Å². The molecule has 4 aromatic rings. The molecule has 0 aliphatic heterocycles. The fourth-order valence-corrected chi connectivity index (χ4v) is 3.46. The van der Waals surface area contributed by atoms with Crippen LogP contribution in [0.25, 0.3) is 0 Å². The number of benzene rings is 3. The lowest BCUT2D eigenvalue weighted by Crippen LogP contribution is -2.47. The highest BCUT2D eigenvalue weighted by atomic mass is 19.1. The Morgan fingerprint density at radius 2 is 1.51 bits per heavy atom. The van der Waals surface area contributed by atoms with Gasteiger partial charge in [0.05, 0.1) is 19.6 Å². The largest absolute Gasteiger partial charge is 0.457 e. The fraction of sp³-hybridized carbons (Fsp3) is 0.138. The third-order valence-electron chi connectivity index (χ3n) is 5.31. The number of amides is 2.